The normalized spacial score (nSPS) is 10.9. The Labute approximate surface area is 99.8 Å². The summed E-state index contributed by atoms with van der Waals surface area (Å²) in [6.07, 6.45) is 0. The lowest BCUT2D eigenvalue weighted by molar-refractivity contribution is -0.119. The zero-order valence-electron chi connectivity index (χ0n) is 10.1. The Balaban J connectivity index is 2.39. The highest BCUT2D eigenvalue weighted by atomic mass is 32.1. The fraction of sp³-hybridized carbons (Fsp3) is 0.700. The number of anilines is 1. The number of aromatic nitrogens is 2. The molecule has 1 aromatic rings. The molecule has 0 aliphatic carbocycles. The maximum absolute atomic E-state index is 11.4. The van der Waals surface area contributed by atoms with Gasteiger partial charge in [-0.2, -0.15) is 4.37 Å². The average Bonchev–Trinajstić information content (AvgIpc) is 2.61. The summed E-state index contributed by atoms with van der Waals surface area (Å²) in [5.74, 6) is 1.10. The van der Waals surface area contributed by atoms with Gasteiger partial charge in [0.1, 0.15) is 5.82 Å². The van der Waals surface area contributed by atoms with Crippen LogP contribution >= 0.6 is 11.5 Å². The number of amides is 1. The average molecular weight is 242 g/mol. The van der Waals surface area contributed by atoms with Crippen molar-refractivity contribution in [2.75, 3.05) is 11.9 Å². The molecule has 0 radical (unpaired) electrons. The second-order valence-electron chi connectivity index (χ2n) is 4.19. The molecule has 0 aliphatic heterocycles. The molecule has 1 aromatic heterocycles. The van der Waals surface area contributed by atoms with E-state index in [-0.39, 0.29) is 18.5 Å². The zero-order valence-corrected chi connectivity index (χ0v) is 10.9. The molecular formula is C10H18N4OS. The second kappa shape index (κ2) is 5.79. The molecule has 0 aromatic carbocycles. The van der Waals surface area contributed by atoms with Crippen molar-refractivity contribution >= 4 is 22.6 Å². The van der Waals surface area contributed by atoms with Crippen LogP contribution in [0.4, 0.5) is 5.13 Å². The number of nitrogens with one attached hydrogen (secondary N) is 2. The maximum atomic E-state index is 11.4. The maximum Gasteiger partial charge on any atom is 0.239 e. The lowest BCUT2D eigenvalue weighted by Gasteiger charge is -2.07. The number of carbonyl (C=O) groups is 1. The highest BCUT2D eigenvalue weighted by Gasteiger charge is 2.08. The van der Waals surface area contributed by atoms with Crippen molar-refractivity contribution in [2.45, 2.75) is 39.7 Å². The van der Waals surface area contributed by atoms with E-state index in [4.69, 9.17) is 0 Å². The smallest absolute Gasteiger partial charge is 0.239 e. The highest BCUT2D eigenvalue weighted by Crippen LogP contribution is 2.16. The zero-order chi connectivity index (χ0) is 12.1. The van der Waals surface area contributed by atoms with Crippen LogP contribution in [0.2, 0.25) is 0 Å². The summed E-state index contributed by atoms with van der Waals surface area (Å²) in [5, 5.41) is 6.45. The topological polar surface area (TPSA) is 66.9 Å². The van der Waals surface area contributed by atoms with Crippen molar-refractivity contribution in [1.29, 1.82) is 0 Å². The Morgan fingerprint density at radius 3 is 2.56 bits per heavy atom. The van der Waals surface area contributed by atoms with Gasteiger partial charge < -0.3 is 10.6 Å². The van der Waals surface area contributed by atoms with Gasteiger partial charge in [0.25, 0.3) is 0 Å². The molecule has 1 amide bonds. The van der Waals surface area contributed by atoms with E-state index in [1.165, 1.54) is 11.5 Å². The number of hydrogen-bond acceptors (Lipinski definition) is 5. The molecule has 16 heavy (non-hydrogen) atoms. The van der Waals surface area contributed by atoms with E-state index in [9.17, 15) is 4.79 Å². The van der Waals surface area contributed by atoms with Gasteiger partial charge in [-0.25, -0.2) is 4.98 Å². The van der Waals surface area contributed by atoms with Crippen LogP contribution in [0, 0.1) is 0 Å². The van der Waals surface area contributed by atoms with Crippen LogP contribution in [-0.4, -0.2) is 27.9 Å². The van der Waals surface area contributed by atoms with Gasteiger partial charge in [-0.05, 0) is 13.8 Å². The molecule has 0 aliphatic rings. The number of rotatable bonds is 5. The summed E-state index contributed by atoms with van der Waals surface area (Å²) in [6, 6.07) is 0.162. The molecule has 0 fully saturated rings. The van der Waals surface area contributed by atoms with E-state index >= 15 is 0 Å². The van der Waals surface area contributed by atoms with Crippen molar-refractivity contribution in [3.8, 4) is 0 Å². The van der Waals surface area contributed by atoms with Gasteiger partial charge in [-0.15, -0.1) is 0 Å². The summed E-state index contributed by atoms with van der Waals surface area (Å²) in [7, 11) is 0. The predicted molar refractivity (Wildman–Crippen MR) is 65.8 cm³/mol. The second-order valence-corrected chi connectivity index (χ2v) is 4.94. The van der Waals surface area contributed by atoms with Gasteiger partial charge in [-0.1, -0.05) is 13.8 Å². The third kappa shape index (κ3) is 4.14. The Bertz CT molecular complexity index is 348. The van der Waals surface area contributed by atoms with Gasteiger partial charge in [0, 0.05) is 23.5 Å². The summed E-state index contributed by atoms with van der Waals surface area (Å²) in [4.78, 5) is 15.6. The standard InChI is InChI=1S/C10H18N4OS/c1-6(2)9-13-10(16-14-9)11-5-8(15)12-7(3)4/h6-7H,5H2,1-4H3,(H,12,15)(H,11,13,14). The fourth-order valence-electron chi connectivity index (χ4n) is 1.07. The minimum Gasteiger partial charge on any atom is -0.352 e. The van der Waals surface area contributed by atoms with Gasteiger partial charge >= 0.3 is 0 Å². The molecular weight excluding hydrogens is 224 g/mol. The first-order valence-corrected chi connectivity index (χ1v) is 6.13. The first kappa shape index (κ1) is 12.9. The van der Waals surface area contributed by atoms with Crippen LogP contribution in [0.1, 0.15) is 39.4 Å². The van der Waals surface area contributed by atoms with Crippen LogP contribution in [-0.2, 0) is 4.79 Å². The number of nitrogens with zero attached hydrogens (tertiary/aromatic N) is 2. The van der Waals surface area contributed by atoms with E-state index in [0.29, 0.717) is 11.0 Å². The van der Waals surface area contributed by atoms with E-state index < -0.39 is 0 Å². The van der Waals surface area contributed by atoms with E-state index in [0.717, 1.165) is 5.82 Å². The van der Waals surface area contributed by atoms with E-state index in [2.05, 4.69) is 20.0 Å². The molecule has 1 rings (SSSR count). The van der Waals surface area contributed by atoms with E-state index in [1.54, 1.807) is 0 Å². The van der Waals surface area contributed by atoms with Crippen molar-refractivity contribution in [3.05, 3.63) is 5.82 Å². The summed E-state index contributed by atoms with van der Waals surface area (Å²) >= 11 is 1.29. The van der Waals surface area contributed by atoms with Gasteiger partial charge in [0.15, 0.2) is 0 Å². The molecule has 0 atom stereocenters. The van der Waals surface area contributed by atoms with Crippen LogP contribution in [0.25, 0.3) is 0 Å². The number of carbonyl (C=O) groups excluding carboxylic acids is 1. The lowest BCUT2D eigenvalue weighted by Crippen LogP contribution is -2.34. The molecule has 1 heterocycles. The minimum atomic E-state index is -0.0312. The molecule has 6 heteroatoms. The molecule has 0 spiro atoms. The highest BCUT2D eigenvalue weighted by molar-refractivity contribution is 7.09. The Morgan fingerprint density at radius 1 is 1.38 bits per heavy atom. The molecule has 0 bridgehead atoms. The number of hydrogen-bond donors (Lipinski definition) is 2. The van der Waals surface area contributed by atoms with Crippen LogP contribution in [0.5, 0.6) is 0 Å². The third-order valence-electron chi connectivity index (χ3n) is 1.81. The van der Waals surface area contributed by atoms with Crippen molar-refractivity contribution in [1.82, 2.24) is 14.7 Å². The summed E-state index contributed by atoms with van der Waals surface area (Å²) < 4.78 is 4.19. The van der Waals surface area contributed by atoms with Crippen LogP contribution < -0.4 is 10.6 Å². The van der Waals surface area contributed by atoms with Crippen molar-refractivity contribution < 1.29 is 4.79 Å². The summed E-state index contributed by atoms with van der Waals surface area (Å²) in [5.41, 5.74) is 0. The quantitative estimate of drug-likeness (QED) is 0.823. The molecule has 0 unspecified atom stereocenters. The van der Waals surface area contributed by atoms with Gasteiger partial charge in [0.2, 0.25) is 11.0 Å². The van der Waals surface area contributed by atoms with Gasteiger partial charge in [0.05, 0.1) is 6.54 Å². The molecule has 90 valence electrons. The largest absolute Gasteiger partial charge is 0.352 e. The minimum absolute atomic E-state index is 0.0312. The monoisotopic (exact) mass is 242 g/mol. The SMILES string of the molecule is CC(C)NC(=O)CNc1nc(C(C)C)ns1. The molecule has 0 saturated carbocycles. The van der Waals surface area contributed by atoms with Crippen LogP contribution in [0.15, 0.2) is 0 Å². The third-order valence-corrected chi connectivity index (χ3v) is 2.49. The van der Waals surface area contributed by atoms with Gasteiger partial charge in [-0.3, -0.25) is 4.79 Å². The fourth-order valence-corrected chi connectivity index (χ4v) is 1.77. The Morgan fingerprint density at radius 2 is 2.06 bits per heavy atom. The first-order chi connectivity index (χ1) is 7.49. The Hall–Kier alpha value is -1.17. The predicted octanol–water partition coefficient (Wildman–Crippen LogP) is 1.60. The molecule has 5 nitrogen and oxygen atoms in total. The first-order valence-electron chi connectivity index (χ1n) is 5.36. The summed E-state index contributed by atoms with van der Waals surface area (Å²) in [6.45, 7) is 8.18. The van der Waals surface area contributed by atoms with Crippen molar-refractivity contribution in [2.24, 2.45) is 0 Å². The van der Waals surface area contributed by atoms with Crippen LogP contribution in [0.3, 0.4) is 0 Å². The lowest BCUT2D eigenvalue weighted by atomic mass is 10.2. The Kier molecular flexibility index (Phi) is 4.67. The molecule has 2 N–H and O–H groups in total. The van der Waals surface area contributed by atoms with E-state index in [1.807, 2.05) is 27.7 Å². The van der Waals surface area contributed by atoms with Crippen molar-refractivity contribution in [3.63, 3.8) is 0 Å². The molecule has 0 saturated heterocycles.